The van der Waals surface area contributed by atoms with Crippen molar-refractivity contribution in [1.82, 2.24) is 25.8 Å². The lowest BCUT2D eigenvalue weighted by Gasteiger charge is -2.34. The molecule has 0 aliphatic carbocycles. The molecule has 0 saturated carbocycles. The summed E-state index contributed by atoms with van der Waals surface area (Å²) in [7, 11) is 3.73. The number of likely N-dealkylation sites (tertiary alicyclic amines) is 1. The van der Waals surface area contributed by atoms with Crippen LogP contribution in [0.1, 0.15) is 41.2 Å². The van der Waals surface area contributed by atoms with Crippen molar-refractivity contribution in [3.05, 3.63) is 144 Å². The van der Waals surface area contributed by atoms with E-state index in [1.165, 1.54) is 0 Å². The maximum atomic E-state index is 14.5. The average Bonchev–Trinajstić information content (AvgIpc) is 3.66. The van der Waals surface area contributed by atoms with Crippen molar-refractivity contribution >= 4 is 29.7 Å². The highest BCUT2D eigenvalue weighted by molar-refractivity contribution is 5.96. The Balaban J connectivity index is 1.33. The van der Waals surface area contributed by atoms with Gasteiger partial charge in [0.15, 0.2) is 6.10 Å². The SMILES string of the molecule is CN(C)[C@@H](Cc1ccccc1)C(=O)N1CCC[C@@H]1C(=O)N[C@H]1C(=O)N[C@H](Cc2ccccc2)C(=O)N/C=C\c2ccc(cc2)O[C@@H]1c1ccccc1. The molecule has 10 nitrogen and oxygen atoms in total. The van der Waals surface area contributed by atoms with Crippen molar-refractivity contribution in [2.45, 2.75) is 56.0 Å². The van der Waals surface area contributed by atoms with Crippen LogP contribution in [-0.4, -0.2) is 78.2 Å². The maximum Gasteiger partial charge on any atom is 0.247 e. The minimum atomic E-state index is -1.27. The largest absolute Gasteiger partial charge is 0.483 e. The second-order valence-corrected chi connectivity index (χ2v) is 13.5. The number of carbonyl (C=O) groups excluding carboxylic acids is 4. The number of carbonyl (C=O) groups is 4. The van der Waals surface area contributed by atoms with Crippen LogP contribution in [0.4, 0.5) is 0 Å². The molecule has 1 fully saturated rings. The third-order valence-corrected chi connectivity index (χ3v) is 9.59. The molecule has 3 heterocycles. The topological polar surface area (TPSA) is 120 Å². The van der Waals surface area contributed by atoms with Gasteiger partial charge in [-0.15, -0.1) is 0 Å². The smallest absolute Gasteiger partial charge is 0.247 e. The van der Waals surface area contributed by atoms with Gasteiger partial charge in [-0.2, -0.15) is 0 Å². The van der Waals surface area contributed by atoms with Crippen LogP contribution in [-0.2, 0) is 32.0 Å². The summed E-state index contributed by atoms with van der Waals surface area (Å²) in [4.78, 5) is 60.2. The summed E-state index contributed by atoms with van der Waals surface area (Å²) in [5.74, 6) is -1.12. The molecule has 4 amide bonds. The number of likely N-dealkylation sites (N-methyl/N-ethyl adjacent to an activating group) is 1. The van der Waals surface area contributed by atoms with E-state index < -0.39 is 48.0 Å². The second kappa shape index (κ2) is 17.0. The van der Waals surface area contributed by atoms with Crippen molar-refractivity contribution in [2.75, 3.05) is 20.6 Å². The molecule has 0 unspecified atom stereocenters. The minimum Gasteiger partial charge on any atom is -0.483 e. The number of hydrogen-bond acceptors (Lipinski definition) is 6. The van der Waals surface area contributed by atoms with E-state index in [9.17, 15) is 19.2 Å². The normalized spacial score (nSPS) is 21.7. The summed E-state index contributed by atoms with van der Waals surface area (Å²) >= 11 is 0. The standard InChI is InChI=1S/C42H45N5O5/c1-46(2)36(28-31-15-8-4-9-16-31)42(51)47-26-12-19-35(47)40(49)45-37-38(32-17-10-5-11-18-32)52-33-22-20-29(21-23-33)24-25-43-39(48)34(44-41(37)50)27-30-13-6-3-7-14-30/h3-11,13-18,20-25,34-38H,12,19,26-28H2,1-2H3,(H,43,48)(H,44,50)(H,45,49)/b25-24-/t34-,35-,36+,37-,38-/m1/s1. The molecule has 3 aliphatic rings. The van der Waals surface area contributed by atoms with Gasteiger partial charge in [0.05, 0.1) is 6.04 Å². The molecule has 0 radical (unpaired) electrons. The molecule has 3 aliphatic heterocycles. The van der Waals surface area contributed by atoms with Gasteiger partial charge in [-0.1, -0.05) is 103 Å². The number of nitrogens with zero attached hydrogens (tertiary/aromatic N) is 2. The number of rotatable bonds is 9. The van der Waals surface area contributed by atoms with Gasteiger partial charge in [0, 0.05) is 19.2 Å². The summed E-state index contributed by atoms with van der Waals surface area (Å²) in [5.41, 5.74) is 3.36. The minimum absolute atomic E-state index is 0.148. The van der Waals surface area contributed by atoms with Crippen molar-refractivity contribution in [3.63, 3.8) is 0 Å². The van der Waals surface area contributed by atoms with E-state index in [1.807, 2.05) is 122 Å². The fourth-order valence-electron chi connectivity index (χ4n) is 6.77. The van der Waals surface area contributed by atoms with E-state index in [-0.39, 0.29) is 12.3 Å². The first-order chi connectivity index (χ1) is 25.3. The number of ether oxygens (including phenoxy) is 1. The lowest BCUT2D eigenvalue weighted by atomic mass is 9.98. The lowest BCUT2D eigenvalue weighted by molar-refractivity contribution is -0.143. The Kier molecular flexibility index (Phi) is 11.8. The third-order valence-electron chi connectivity index (χ3n) is 9.59. The number of fused-ring (bicyclic) bond motifs is 10. The Morgan fingerprint density at radius 1 is 0.846 bits per heavy atom. The summed E-state index contributed by atoms with van der Waals surface area (Å²) in [6.45, 7) is 0.421. The van der Waals surface area contributed by atoms with E-state index in [0.717, 1.165) is 16.7 Å². The van der Waals surface area contributed by atoms with Crippen LogP contribution in [0, 0.1) is 0 Å². The first-order valence-corrected chi connectivity index (χ1v) is 17.7. The summed E-state index contributed by atoms with van der Waals surface area (Å²) in [6.07, 6.45) is 4.13. The summed E-state index contributed by atoms with van der Waals surface area (Å²) in [6, 6.07) is 32.2. The van der Waals surface area contributed by atoms with Crippen molar-refractivity contribution in [2.24, 2.45) is 0 Å². The molecule has 0 aromatic heterocycles. The summed E-state index contributed by atoms with van der Waals surface area (Å²) < 4.78 is 6.55. The number of nitrogens with one attached hydrogen (secondary N) is 3. The van der Waals surface area contributed by atoms with E-state index in [4.69, 9.17) is 4.74 Å². The number of hydrogen-bond donors (Lipinski definition) is 3. The molecule has 268 valence electrons. The number of benzene rings is 4. The number of amides is 4. The molecule has 52 heavy (non-hydrogen) atoms. The molecule has 0 spiro atoms. The zero-order valence-electron chi connectivity index (χ0n) is 29.5. The Bertz CT molecular complexity index is 1850. The maximum absolute atomic E-state index is 14.5. The van der Waals surface area contributed by atoms with Gasteiger partial charge < -0.3 is 25.6 Å². The van der Waals surface area contributed by atoms with Gasteiger partial charge in [-0.3, -0.25) is 24.1 Å². The van der Waals surface area contributed by atoms with Crippen LogP contribution in [0.5, 0.6) is 5.75 Å². The second-order valence-electron chi connectivity index (χ2n) is 13.5. The Labute approximate surface area is 304 Å². The van der Waals surface area contributed by atoms with Crippen LogP contribution in [0.25, 0.3) is 6.08 Å². The average molecular weight is 700 g/mol. The van der Waals surface area contributed by atoms with Crippen LogP contribution in [0.15, 0.2) is 121 Å². The fourth-order valence-corrected chi connectivity index (χ4v) is 6.77. The van der Waals surface area contributed by atoms with Crippen LogP contribution in [0.3, 0.4) is 0 Å². The van der Waals surface area contributed by atoms with Gasteiger partial charge in [0.2, 0.25) is 23.6 Å². The van der Waals surface area contributed by atoms with Crippen molar-refractivity contribution in [1.29, 1.82) is 0 Å². The molecule has 10 heteroatoms. The molecular weight excluding hydrogens is 654 g/mol. The summed E-state index contributed by atoms with van der Waals surface area (Å²) in [5, 5.41) is 8.75. The Morgan fingerprint density at radius 3 is 2.13 bits per heavy atom. The van der Waals surface area contributed by atoms with E-state index >= 15 is 0 Å². The predicted octanol–water partition coefficient (Wildman–Crippen LogP) is 4.28. The van der Waals surface area contributed by atoms with Gasteiger partial charge in [0.1, 0.15) is 23.9 Å². The molecule has 5 atom stereocenters. The third kappa shape index (κ3) is 8.94. The quantitative estimate of drug-likeness (QED) is 0.240. The van der Waals surface area contributed by atoms with E-state index in [0.29, 0.717) is 37.1 Å². The zero-order chi connectivity index (χ0) is 36.5. The molecule has 7 rings (SSSR count). The molecule has 4 aromatic carbocycles. The van der Waals surface area contributed by atoms with E-state index in [2.05, 4.69) is 16.0 Å². The molecule has 1 saturated heterocycles. The highest BCUT2D eigenvalue weighted by atomic mass is 16.5. The van der Waals surface area contributed by atoms with Gasteiger partial charge >= 0.3 is 0 Å². The Morgan fingerprint density at radius 2 is 1.48 bits per heavy atom. The van der Waals surface area contributed by atoms with E-state index in [1.54, 1.807) is 29.3 Å². The monoisotopic (exact) mass is 699 g/mol. The molecule has 3 N–H and O–H groups in total. The van der Waals surface area contributed by atoms with Crippen LogP contribution >= 0.6 is 0 Å². The van der Waals surface area contributed by atoms with Crippen molar-refractivity contribution < 1.29 is 23.9 Å². The van der Waals surface area contributed by atoms with Crippen LogP contribution < -0.4 is 20.7 Å². The van der Waals surface area contributed by atoms with Crippen molar-refractivity contribution in [3.8, 4) is 5.75 Å². The van der Waals surface area contributed by atoms with Gasteiger partial charge in [-0.05, 0) is 73.8 Å². The van der Waals surface area contributed by atoms with Gasteiger partial charge in [0.25, 0.3) is 0 Å². The first-order valence-electron chi connectivity index (χ1n) is 17.7. The fraction of sp³-hybridized carbons (Fsp3) is 0.286. The van der Waals surface area contributed by atoms with Gasteiger partial charge in [-0.25, -0.2) is 0 Å². The molecular formula is C42H45N5O5. The highest BCUT2D eigenvalue weighted by Gasteiger charge is 2.42. The predicted molar refractivity (Wildman–Crippen MR) is 200 cm³/mol. The molecule has 2 bridgehead atoms. The van der Waals surface area contributed by atoms with Crippen LogP contribution in [0.2, 0.25) is 0 Å². The Hall–Kier alpha value is -5.74. The zero-order valence-corrected chi connectivity index (χ0v) is 29.5. The lowest BCUT2D eigenvalue weighted by Crippen LogP contribution is -2.59. The highest BCUT2D eigenvalue weighted by Crippen LogP contribution is 2.28. The molecule has 4 aromatic rings. The first kappa shape index (κ1) is 36.1.